The molecule has 0 amide bonds. The molecule has 0 bridgehead atoms. The Hall–Kier alpha value is -3.07. The lowest BCUT2D eigenvalue weighted by atomic mass is 9.87. The molecule has 0 atom stereocenters. The van der Waals surface area contributed by atoms with Gasteiger partial charge >= 0.3 is 0 Å². The van der Waals surface area contributed by atoms with E-state index in [1.807, 2.05) is 6.07 Å². The minimum Gasteiger partial charge on any atom is -0.494 e. The van der Waals surface area contributed by atoms with E-state index >= 15 is 0 Å². The smallest absolute Gasteiger partial charge is 0.141 e. The van der Waals surface area contributed by atoms with Crippen molar-refractivity contribution in [2.75, 3.05) is 6.61 Å². The summed E-state index contributed by atoms with van der Waals surface area (Å²) < 4.78 is 8.32. The zero-order valence-corrected chi connectivity index (χ0v) is 18.4. The van der Waals surface area contributed by atoms with Gasteiger partial charge in [-0.2, -0.15) is 0 Å². The molecule has 1 heterocycles. The first kappa shape index (κ1) is 20.2. The third kappa shape index (κ3) is 4.40. The number of imidazole rings is 1. The van der Waals surface area contributed by atoms with Crippen molar-refractivity contribution in [1.29, 1.82) is 0 Å². The molecule has 3 aromatic carbocycles. The molecule has 0 aliphatic rings. The Balaban J connectivity index is 1.47. The van der Waals surface area contributed by atoms with E-state index in [9.17, 15) is 0 Å². The fourth-order valence-electron chi connectivity index (χ4n) is 3.69. The van der Waals surface area contributed by atoms with Crippen LogP contribution in [0.5, 0.6) is 5.75 Å². The van der Waals surface area contributed by atoms with E-state index in [2.05, 4.69) is 99.0 Å². The maximum atomic E-state index is 6.01. The first-order chi connectivity index (χ1) is 14.4. The van der Waals surface area contributed by atoms with E-state index in [-0.39, 0.29) is 5.41 Å². The summed E-state index contributed by atoms with van der Waals surface area (Å²) in [6.45, 7) is 10.3. The normalized spacial score (nSPS) is 11.7. The molecule has 4 aromatic rings. The predicted molar refractivity (Wildman–Crippen MR) is 125 cm³/mol. The highest BCUT2D eigenvalue weighted by Gasteiger charge is 2.14. The van der Waals surface area contributed by atoms with Gasteiger partial charge in [0.25, 0.3) is 0 Å². The molecule has 0 saturated carbocycles. The molecule has 0 N–H and O–H groups in total. The molecule has 154 valence electrons. The topological polar surface area (TPSA) is 27.1 Å². The van der Waals surface area contributed by atoms with Gasteiger partial charge in [-0.25, -0.2) is 4.98 Å². The van der Waals surface area contributed by atoms with Crippen LogP contribution in [0.2, 0.25) is 0 Å². The van der Waals surface area contributed by atoms with Crippen molar-refractivity contribution >= 4 is 11.0 Å². The van der Waals surface area contributed by atoms with Gasteiger partial charge in [0.2, 0.25) is 0 Å². The molecule has 0 aliphatic heterocycles. The van der Waals surface area contributed by atoms with Gasteiger partial charge in [-0.05, 0) is 48.6 Å². The monoisotopic (exact) mass is 398 g/mol. The van der Waals surface area contributed by atoms with Crippen LogP contribution in [0.1, 0.15) is 38.3 Å². The maximum Gasteiger partial charge on any atom is 0.141 e. The molecule has 0 unspecified atom stereocenters. The Morgan fingerprint density at radius 1 is 0.867 bits per heavy atom. The molecule has 0 aliphatic carbocycles. The Bertz CT molecular complexity index is 1120. The van der Waals surface area contributed by atoms with Gasteiger partial charge in [0.15, 0.2) is 0 Å². The molecular formula is C27H30N2O. The van der Waals surface area contributed by atoms with Crippen LogP contribution in [0.25, 0.3) is 22.4 Å². The van der Waals surface area contributed by atoms with Crippen molar-refractivity contribution < 1.29 is 4.74 Å². The number of ether oxygens (including phenoxy) is 1. The number of rotatable bonds is 6. The molecule has 4 rings (SSSR count). The zero-order valence-electron chi connectivity index (χ0n) is 18.4. The summed E-state index contributed by atoms with van der Waals surface area (Å²) >= 11 is 0. The van der Waals surface area contributed by atoms with Crippen LogP contribution < -0.4 is 4.74 Å². The molecule has 0 saturated heterocycles. The quantitative estimate of drug-likeness (QED) is 0.335. The third-order valence-electron chi connectivity index (χ3n) is 5.48. The van der Waals surface area contributed by atoms with Crippen LogP contribution >= 0.6 is 0 Å². The van der Waals surface area contributed by atoms with E-state index < -0.39 is 0 Å². The summed E-state index contributed by atoms with van der Waals surface area (Å²) in [5, 5.41) is 0. The first-order valence-electron chi connectivity index (χ1n) is 10.7. The summed E-state index contributed by atoms with van der Waals surface area (Å²) in [5.41, 5.74) is 6.09. The molecule has 0 radical (unpaired) electrons. The Kier molecular flexibility index (Phi) is 5.63. The second-order valence-corrected chi connectivity index (χ2v) is 8.92. The predicted octanol–water partition coefficient (Wildman–Crippen LogP) is 6.78. The van der Waals surface area contributed by atoms with Crippen LogP contribution in [0.3, 0.4) is 0 Å². The average molecular weight is 399 g/mol. The fraction of sp³-hybridized carbons (Fsp3) is 0.296. The number of hydrogen-bond acceptors (Lipinski definition) is 2. The Labute approximate surface area is 179 Å². The molecule has 30 heavy (non-hydrogen) atoms. The lowest BCUT2D eigenvalue weighted by molar-refractivity contribution is 0.302. The van der Waals surface area contributed by atoms with Crippen LogP contribution in [0.15, 0.2) is 72.8 Å². The van der Waals surface area contributed by atoms with E-state index in [4.69, 9.17) is 9.72 Å². The van der Waals surface area contributed by atoms with E-state index in [0.29, 0.717) is 6.61 Å². The van der Waals surface area contributed by atoms with Gasteiger partial charge in [0.1, 0.15) is 11.6 Å². The maximum absolute atomic E-state index is 6.01. The van der Waals surface area contributed by atoms with Crippen LogP contribution in [-0.4, -0.2) is 16.2 Å². The van der Waals surface area contributed by atoms with E-state index in [1.54, 1.807) is 0 Å². The van der Waals surface area contributed by atoms with Crippen molar-refractivity contribution in [3.63, 3.8) is 0 Å². The number of nitrogens with zero attached hydrogens (tertiary/aromatic N) is 2. The number of fused-ring (bicyclic) bond motifs is 1. The minimum atomic E-state index is 0.160. The number of aryl methyl sites for hydroxylation is 2. The molecule has 0 fully saturated rings. The molecular weight excluding hydrogens is 368 g/mol. The van der Waals surface area contributed by atoms with E-state index in [0.717, 1.165) is 35.6 Å². The zero-order chi connectivity index (χ0) is 21.1. The number of benzene rings is 3. The largest absolute Gasteiger partial charge is 0.494 e. The number of hydrogen-bond donors (Lipinski definition) is 0. The lowest BCUT2D eigenvalue weighted by Crippen LogP contribution is -2.10. The minimum absolute atomic E-state index is 0.160. The average Bonchev–Trinajstić information content (AvgIpc) is 3.10. The van der Waals surface area contributed by atoms with Crippen molar-refractivity contribution in [3.8, 4) is 17.1 Å². The summed E-state index contributed by atoms with van der Waals surface area (Å²) in [6.07, 6.45) is 0.917. The van der Waals surface area contributed by atoms with Gasteiger partial charge in [-0.15, -0.1) is 0 Å². The van der Waals surface area contributed by atoms with Crippen LogP contribution in [0, 0.1) is 6.92 Å². The van der Waals surface area contributed by atoms with E-state index in [1.165, 1.54) is 16.6 Å². The summed E-state index contributed by atoms with van der Waals surface area (Å²) in [6, 6.07) is 25.4. The van der Waals surface area contributed by atoms with Gasteiger partial charge in [0.05, 0.1) is 17.6 Å². The fourth-order valence-corrected chi connectivity index (χ4v) is 3.69. The van der Waals surface area contributed by atoms with Crippen molar-refractivity contribution in [2.24, 2.45) is 0 Å². The molecule has 3 nitrogen and oxygen atoms in total. The standard InChI is InChI=1S/C27H30N2O/c1-20-10-12-21(13-11-20)26-28-24-8-5-6-9-25(24)29(26)18-7-19-30-23-16-14-22(15-17-23)27(2,3)4/h5-6,8-17H,7,18-19H2,1-4H3. The lowest BCUT2D eigenvalue weighted by Gasteiger charge is -2.19. The van der Waals surface area contributed by atoms with Gasteiger partial charge in [0, 0.05) is 12.1 Å². The van der Waals surface area contributed by atoms with Gasteiger partial charge < -0.3 is 9.30 Å². The highest BCUT2D eigenvalue weighted by molar-refractivity contribution is 5.80. The van der Waals surface area contributed by atoms with Gasteiger partial charge in [-0.1, -0.05) is 74.9 Å². The summed E-state index contributed by atoms with van der Waals surface area (Å²) in [4.78, 5) is 4.90. The molecule has 3 heteroatoms. The molecule has 1 aromatic heterocycles. The second-order valence-electron chi connectivity index (χ2n) is 8.92. The summed E-state index contributed by atoms with van der Waals surface area (Å²) in [7, 11) is 0. The van der Waals surface area contributed by atoms with Crippen LogP contribution in [0.4, 0.5) is 0 Å². The van der Waals surface area contributed by atoms with Crippen molar-refractivity contribution in [2.45, 2.75) is 46.1 Å². The summed E-state index contributed by atoms with van der Waals surface area (Å²) in [5.74, 6) is 1.95. The van der Waals surface area contributed by atoms with Crippen molar-refractivity contribution in [3.05, 3.63) is 83.9 Å². The SMILES string of the molecule is Cc1ccc(-c2nc3ccccc3n2CCCOc2ccc(C(C)(C)C)cc2)cc1. The molecule has 0 spiro atoms. The Morgan fingerprint density at radius 2 is 1.57 bits per heavy atom. The van der Waals surface area contributed by atoms with Crippen LogP contribution in [-0.2, 0) is 12.0 Å². The number of para-hydroxylation sites is 2. The highest BCUT2D eigenvalue weighted by atomic mass is 16.5. The first-order valence-corrected chi connectivity index (χ1v) is 10.7. The Morgan fingerprint density at radius 3 is 2.27 bits per heavy atom. The second kappa shape index (κ2) is 8.35. The number of aromatic nitrogens is 2. The highest BCUT2D eigenvalue weighted by Crippen LogP contribution is 2.26. The van der Waals surface area contributed by atoms with Gasteiger partial charge in [-0.3, -0.25) is 0 Å². The van der Waals surface area contributed by atoms with Crippen molar-refractivity contribution in [1.82, 2.24) is 9.55 Å². The third-order valence-corrected chi connectivity index (χ3v) is 5.48.